The first-order chi connectivity index (χ1) is 8.08. The Morgan fingerprint density at radius 3 is 2.47 bits per heavy atom. The third kappa shape index (κ3) is 3.19. The number of carboxylic acid groups (broad SMARTS) is 1. The van der Waals surface area contributed by atoms with Gasteiger partial charge in [-0.3, -0.25) is 4.79 Å². The van der Waals surface area contributed by atoms with E-state index in [1.165, 1.54) is 0 Å². The Bertz CT molecular complexity index is 315. The van der Waals surface area contributed by atoms with Crippen LogP contribution in [0.4, 0.5) is 0 Å². The molecule has 0 bridgehead atoms. The van der Waals surface area contributed by atoms with Crippen LogP contribution in [0.15, 0.2) is 0 Å². The Hall–Kier alpha value is -1.10. The summed E-state index contributed by atoms with van der Waals surface area (Å²) in [5, 5.41) is 11.7. The summed E-state index contributed by atoms with van der Waals surface area (Å²) in [6, 6.07) is -0.607. The average molecular weight is 240 g/mol. The van der Waals surface area contributed by atoms with Gasteiger partial charge in [0.15, 0.2) is 0 Å². The third-order valence-electron chi connectivity index (χ3n) is 3.74. The normalized spacial score (nSPS) is 30.6. The topological polar surface area (TPSA) is 92.4 Å². The van der Waals surface area contributed by atoms with Crippen LogP contribution in [0.3, 0.4) is 0 Å². The largest absolute Gasteiger partial charge is 0.480 e. The molecule has 5 nitrogen and oxygen atoms in total. The van der Waals surface area contributed by atoms with Gasteiger partial charge in [-0.05, 0) is 38.0 Å². The van der Waals surface area contributed by atoms with E-state index >= 15 is 0 Å². The molecule has 0 aliphatic heterocycles. The number of carbonyl (C=O) groups is 2. The number of carbonyl (C=O) groups excluding carboxylic acids is 1. The number of aliphatic carboxylic acids is 1. The second-order valence-corrected chi connectivity index (χ2v) is 5.29. The van der Waals surface area contributed by atoms with Crippen LogP contribution in [0.25, 0.3) is 0 Å². The number of carboxylic acids is 1. The van der Waals surface area contributed by atoms with E-state index in [0.29, 0.717) is 6.42 Å². The van der Waals surface area contributed by atoms with E-state index in [4.69, 9.17) is 10.8 Å². The maximum Gasteiger partial charge on any atom is 0.326 e. The summed E-state index contributed by atoms with van der Waals surface area (Å²) in [7, 11) is 0. The lowest BCUT2D eigenvalue weighted by molar-refractivity contribution is -0.143. The zero-order chi connectivity index (χ0) is 12.4. The molecule has 2 aliphatic carbocycles. The maximum atomic E-state index is 12.0. The van der Waals surface area contributed by atoms with Crippen LogP contribution in [0.1, 0.15) is 38.5 Å². The van der Waals surface area contributed by atoms with E-state index in [1.807, 2.05) is 0 Å². The van der Waals surface area contributed by atoms with Gasteiger partial charge in [0.1, 0.15) is 6.04 Å². The van der Waals surface area contributed by atoms with Crippen LogP contribution in [0.2, 0.25) is 0 Å². The molecule has 0 spiro atoms. The highest BCUT2D eigenvalue weighted by Gasteiger charge is 2.38. The molecule has 3 unspecified atom stereocenters. The lowest BCUT2D eigenvalue weighted by atomic mass is 9.85. The number of hydrogen-bond acceptors (Lipinski definition) is 3. The summed E-state index contributed by atoms with van der Waals surface area (Å²) < 4.78 is 0. The smallest absolute Gasteiger partial charge is 0.326 e. The van der Waals surface area contributed by atoms with Gasteiger partial charge in [-0.25, -0.2) is 4.79 Å². The molecular weight excluding hydrogens is 220 g/mol. The highest BCUT2D eigenvalue weighted by Crippen LogP contribution is 2.33. The minimum absolute atomic E-state index is 0.0868. The zero-order valence-corrected chi connectivity index (χ0v) is 9.89. The van der Waals surface area contributed by atoms with Crippen molar-refractivity contribution in [3.8, 4) is 0 Å². The lowest BCUT2D eigenvalue weighted by Gasteiger charge is -2.27. The molecule has 0 saturated heterocycles. The summed E-state index contributed by atoms with van der Waals surface area (Å²) in [4.78, 5) is 23.0. The molecule has 2 rings (SSSR count). The first-order valence-corrected chi connectivity index (χ1v) is 6.36. The van der Waals surface area contributed by atoms with E-state index in [0.717, 1.165) is 32.1 Å². The third-order valence-corrected chi connectivity index (χ3v) is 3.74. The van der Waals surface area contributed by atoms with Gasteiger partial charge in [0, 0.05) is 12.0 Å². The molecule has 2 saturated carbocycles. The van der Waals surface area contributed by atoms with E-state index < -0.39 is 12.0 Å². The van der Waals surface area contributed by atoms with Gasteiger partial charge in [-0.2, -0.15) is 0 Å². The Morgan fingerprint density at radius 2 is 1.94 bits per heavy atom. The highest BCUT2D eigenvalue weighted by molar-refractivity contribution is 5.85. The van der Waals surface area contributed by atoms with Crippen LogP contribution in [-0.2, 0) is 9.59 Å². The average Bonchev–Trinajstić information content (AvgIpc) is 3.09. The van der Waals surface area contributed by atoms with Gasteiger partial charge in [0.25, 0.3) is 0 Å². The van der Waals surface area contributed by atoms with Gasteiger partial charge in [-0.1, -0.05) is 6.42 Å². The standard InChI is InChI=1S/C12H20N2O3/c13-9-3-1-2-8(6-9)11(15)14-10(12(16)17)7-4-5-7/h7-10H,1-6,13H2,(H,14,15)(H,16,17). The summed E-state index contributed by atoms with van der Waals surface area (Å²) in [5.41, 5.74) is 5.83. The molecule has 0 heterocycles. The van der Waals surface area contributed by atoms with E-state index in [-0.39, 0.29) is 23.8 Å². The minimum atomic E-state index is -0.916. The summed E-state index contributed by atoms with van der Waals surface area (Å²) >= 11 is 0. The molecular formula is C12H20N2O3. The number of amides is 1. The molecule has 0 aromatic carbocycles. The molecule has 96 valence electrons. The number of nitrogens with one attached hydrogen (secondary N) is 1. The van der Waals surface area contributed by atoms with Crippen LogP contribution in [-0.4, -0.2) is 29.1 Å². The molecule has 4 N–H and O–H groups in total. The van der Waals surface area contributed by atoms with Gasteiger partial charge in [-0.15, -0.1) is 0 Å². The number of nitrogens with two attached hydrogens (primary N) is 1. The van der Waals surface area contributed by atoms with Crippen molar-refractivity contribution < 1.29 is 14.7 Å². The maximum absolute atomic E-state index is 12.0. The molecule has 2 aliphatic rings. The second kappa shape index (κ2) is 5.04. The predicted octanol–water partition coefficient (Wildman–Crippen LogP) is 0.483. The van der Waals surface area contributed by atoms with Crippen molar-refractivity contribution in [3.05, 3.63) is 0 Å². The molecule has 2 fully saturated rings. The molecule has 17 heavy (non-hydrogen) atoms. The molecule has 0 radical (unpaired) electrons. The van der Waals surface area contributed by atoms with Gasteiger partial charge >= 0.3 is 5.97 Å². The first-order valence-electron chi connectivity index (χ1n) is 6.36. The monoisotopic (exact) mass is 240 g/mol. The summed E-state index contributed by atoms with van der Waals surface area (Å²) in [5.74, 6) is -1.01. The van der Waals surface area contributed by atoms with E-state index in [9.17, 15) is 9.59 Å². The molecule has 0 aromatic rings. The van der Waals surface area contributed by atoms with Gasteiger partial charge in [0.05, 0.1) is 0 Å². The Balaban J connectivity index is 1.88. The van der Waals surface area contributed by atoms with Crippen molar-refractivity contribution in [2.45, 2.75) is 50.6 Å². The van der Waals surface area contributed by atoms with Crippen molar-refractivity contribution in [2.24, 2.45) is 17.6 Å². The molecule has 1 amide bonds. The molecule has 0 aromatic heterocycles. The molecule has 5 heteroatoms. The predicted molar refractivity (Wildman–Crippen MR) is 62.2 cm³/mol. The lowest BCUT2D eigenvalue weighted by Crippen LogP contribution is -2.46. The first kappa shape index (κ1) is 12.4. The van der Waals surface area contributed by atoms with Gasteiger partial charge in [0.2, 0.25) is 5.91 Å². The Labute approximate surface area is 101 Å². The van der Waals surface area contributed by atoms with Crippen molar-refractivity contribution >= 4 is 11.9 Å². The van der Waals surface area contributed by atoms with E-state index in [1.54, 1.807) is 0 Å². The SMILES string of the molecule is NC1CCCC(C(=O)NC(C(=O)O)C2CC2)C1. The van der Waals surface area contributed by atoms with E-state index in [2.05, 4.69) is 5.32 Å². The number of hydrogen-bond donors (Lipinski definition) is 3. The number of rotatable bonds is 4. The summed E-state index contributed by atoms with van der Waals surface area (Å²) in [6.07, 6.45) is 5.25. The second-order valence-electron chi connectivity index (χ2n) is 5.29. The fourth-order valence-corrected chi connectivity index (χ4v) is 2.55. The summed E-state index contributed by atoms with van der Waals surface area (Å²) in [6.45, 7) is 0. The van der Waals surface area contributed by atoms with Crippen molar-refractivity contribution in [2.75, 3.05) is 0 Å². The van der Waals surface area contributed by atoms with Crippen LogP contribution < -0.4 is 11.1 Å². The van der Waals surface area contributed by atoms with Gasteiger partial charge < -0.3 is 16.2 Å². The van der Waals surface area contributed by atoms with Crippen molar-refractivity contribution in [1.82, 2.24) is 5.32 Å². The van der Waals surface area contributed by atoms with Crippen LogP contribution in [0, 0.1) is 11.8 Å². The highest BCUT2D eigenvalue weighted by atomic mass is 16.4. The quantitative estimate of drug-likeness (QED) is 0.666. The Kier molecular flexibility index (Phi) is 3.66. The zero-order valence-electron chi connectivity index (χ0n) is 9.89. The Morgan fingerprint density at radius 1 is 1.24 bits per heavy atom. The van der Waals surface area contributed by atoms with Crippen molar-refractivity contribution in [1.29, 1.82) is 0 Å². The minimum Gasteiger partial charge on any atom is -0.480 e. The van der Waals surface area contributed by atoms with Crippen LogP contribution in [0.5, 0.6) is 0 Å². The van der Waals surface area contributed by atoms with Crippen molar-refractivity contribution in [3.63, 3.8) is 0 Å². The fourth-order valence-electron chi connectivity index (χ4n) is 2.55. The van der Waals surface area contributed by atoms with Crippen LogP contribution >= 0.6 is 0 Å². The fraction of sp³-hybridized carbons (Fsp3) is 0.833. The molecule has 3 atom stereocenters.